The minimum Gasteiger partial charge on any atom is -0.207 e. The van der Waals surface area contributed by atoms with Crippen molar-refractivity contribution >= 4 is 36.3 Å². The van der Waals surface area contributed by atoms with E-state index in [0.29, 0.717) is 0 Å². The zero-order valence-corrected chi connectivity index (χ0v) is 9.40. The summed E-state index contributed by atoms with van der Waals surface area (Å²) < 4.78 is 13.5. The van der Waals surface area contributed by atoms with Crippen LogP contribution in [0.5, 0.6) is 0 Å². The van der Waals surface area contributed by atoms with Gasteiger partial charge in [-0.2, -0.15) is 0 Å². The highest BCUT2D eigenvalue weighted by atomic mass is 79.9. The van der Waals surface area contributed by atoms with Gasteiger partial charge in [-0.15, -0.1) is 0 Å². The molecule has 0 aliphatic rings. The lowest BCUT2D eigenvalue weighted by molar-refractivity contribution is 0.628. The average molecular weight is 294 g/mol. The molecule has 1 rings (SSSR count). The molecule has 0 amide bonds. The van der Waals surface area contributed by atoms with E-state index in [1.54, 1.807) is 12.1 Å². The van der Waals surface area contributed by atoms with Gasteiger partial charge in [0, 0.05) is 9.81 Å². The van der Waals surface area contributed by atoms with E-state index in [2.05, 4.69) is 31.9 Å². The first-order valence-corrected chi connectivity index (χ1v) is 5.33. The maximum atomic E-state index is 12.5. The normalized spacial score (nSPS) is 11.8. The van der Waals surface area contributed by atoms with Crippen molar-refractivity contribution in [1.29, 1.82) is 0 Å². The molecule has 0 radical (unpaired) electrons. The second-order valence-electron chi connectivity index (χ2n) is 2.21. The lowest BCUT2D eigenvalue weighted by Crippen LogP contribution is -1.78. The molecule has 3 heteroatoms. The van der Waals surface area contributed by atoms with Gasteiger partial charge in [-0.3, -0.25) is 0 Å². The molecule has 0 aliphatic heterocycles. The first-order chi connectivity index (χ1) is 5.74. The van der Waals surface area contributed by atoms with Crippen molar-refractivity contribution in [3.63, 3.8) is 0 Å². The molecular weight excluding hydrogens is 287 g/mol. The Morgan fingerprint density at radius 1 is 1.33 bits per heavy atom. The van der Waals surface area contributed by atoms with Crippen LogP contribution in [0.4, 0.5) is 4.39 Å². The smallest absolute Gasteiger partial charge is 0.123 e. The molecule has 0 nitrogen and oxygen atoms in total. The summed E-state index contributed by atoms with van der Waals surface area (Å²) in [5.74, 6) is -0.210. The van der Waals surface area contributed by atoms with Crippen LogP contribution in [0, 0.1) is 5.82 Å². The van der Waals surface area contributed by atoms with Crippen LogP contribution in [-0.4, -0.2) is 5.33 Å². The van der Waals surface area contributed by atoms with Crippen molar-refractivity contribution in [2.24, 2.45) is 0 Å². The predicted molar refractivity (Wildman–Crippen MR) is 57.1 cm³/mol. The molecular formula is C9H7Br2F. The number of halogens is 3. The molecule has 0 atom stereocenters. The van der Waals surface area contributed by atoms with Gasteiger partial charge in [-0.1, -0.05) is 50.1 Å². The minimum atomic E-state index is -0.210. The van der Waals surface area contributed by atoms with Crippen molar-refractivity contribution < 1.29 is 4.39 Å². The van der Waals surface area contributed by atoms with E-state index in [9.17, 15) is 4.39 Å². The Kier molecular flexibility index (Phi) is 3.95. The number of alkyl halides is 1. The first-order valence-electron chi connectivity index (χ1n) is 3.41. The van der Waals surface area contributed by atoms with Crippen molar-refractivity contribution in [3.05, 3.63) is 41.7 Å². The van der Waals surface area contributed by atoms with E-state index < -0.39 is 0 Å². The Bertz CT molecular complexity index is 277. The van der Waals surface area contributed by atoms with Crippen LogP contribution in [0.1, 0.15) is 5.56 Å². The van der Waals surface area contributed by atoms with E-state index in [-0.39, 0.29) is 5.82 Å². The quantitative estimate of drug-likeness (QED) is 0.724. The Balaban J connectivity index is 2.89. The van der Waals surface area contributed by atoms with Crippen molar-refractivity contribution in [2.75, 3.05) is 5.33 Å². The first kappa shape index (κ1) is 9.93. The van der Waals surface area contributed by atoms with Crippen LogP contribution in [0.2, 0.25) is 0 Å². The summed E-state index contributed by atoms with van der Waals surface area (Å²) in [7, 11) is 0. The highest BCUT2D eigenvalue weighted by Crippen LogP contribution is 2.21. The molecule has 0 spiro atoms. The van der Waals surface area contributed by atoms with Crippen molar-refractivity contribution in [3.8, 4) is 0 Å². The largest absolute Gasteiger partial charge is 0.207 e. The summed E-state index contributed by atoms with van der Waals surface area (Å²) in [6.45, 7) is 0. The van der Waals surface area contributed by atoms with Gasteiger partial charge in [0.25, 0.3) is 0 Å². The molecule has 0 heterocycles. The summed E-state index contributed by atoms with van der Waals surface area (Å²) in [6.07, 6.45) is 1.97. The average Bonchev–Trinajstić information content (AvgIpc) is 2.06. The standard InChI is InChI=1S/C9H7Br2F/c10-6-5-9(11)7-1-3-8(12)4-2-7/h1-5H,6H2/b9-5-. The summed E-state index contributed by atoms with van der Waals surface area (Å²) in [6, 6.07) is 6.36. The predicted octanol–water partition coefficient (Wildman–Crippen LogP) is 3.96. The SMILES string of the molecule is Fc1ccc(/C(Br)=C/CBr)cc1. The zero-order chi connectivity index (χ0) is 8.97. The van der Waals surface area contributed by atoms with E-state index in [4.69, 9.17) is 0 Å². The number of benzene rings is 1. The van der Waals surface area contributed by atoms with Crippen LogP contribution in [0.25, 0.3) is 4.48 Å². The molecule has 64 valence electrons. The van der Waals surface area contributed by atoms with Gasteiger partial charge in [0.05, 0.1) is 0 Å². The highest BCUT2D eigenvalue weighted by Gasteiger charge is 1.96. The summed E-state index contributed by atoms with van der Waals surface area (Å²) in [5, 5.41) is 0.783. The Morgan fingerprint density at radius 2 is 1.92 bits per heavy atom. The fraction of sp³-hybridized carbons (Fsp3) is 0.111. The maximum Gasteiger partial charge on any atom is 0.123 e. The van der Waals surface area contributed by atoms with Crippen LogP contribution in [0.3, 0.4) is 0 Å². The van der Waals surface area contributed by atoms with Crippen molar-refractivity contribution in [2.45, 2.75) is 0 Å². The van der Waals surface area contributed by atoms with E-state index in [1.807, 2.05) is 6.08 Å². The van der Waals surface area contributed by atoms with Gasteiger partial charge in [-0.05, 0) is 17.7 Å². The molecule has 12 heavy (non-hydrogen) atoms. The van der Waals surface area contributed by atoms with E-state index in [1.165, 1.54) is 12.1 Å². The topological polar surface area (TPSA) is 0 Å². The summed E-state index contributed by atoms with van der Waals surface area (Å²) in [4.78, 5) is 0. The monoisotopic (exact) mass is 292 g/mol. The molecule has 0 saturated heterocycles. The molecule has 1 aromatic rings. The van der Waals surface area contributed by atoms with E-state index >= 15 is 0 Å². The third-order valence-electron chi connectivity index (χ3n) is 1.38. The lowest BCUT2D eigenvalue weighted by atomic mass is 10.2. The van der Waals surface area contributed by atoms with Crippen LogP contribution >= 0.6 is 31.9 Å². The Labute approximate surface area is 87.7 Å². The number of allylic oxidation sites excluding steroid dienone is 1. The van der Waals surface area contributed by atoms with Gasteiger partial charge in [0.1, 0.15) is 5.82 Å². The second-order valence-corrected chi connectivity index (χ2v) is 3.72. The lowest BCUT2D eigenvalue weighted by Gasteiger charge is -1.97. The van der Waals surface area contributed by atoms with E-state index in [0.717, 1.165) is 15.4 Å². The number of rotatable bonds is 2. The third kappa shape index (κ3) is 2.72. The second kappa shape index (κ2) is 4.77. The highest BCUT2D eigenvalue weighted by molar-refractivity contribution is 9.15. The van der Waals surface area contributed by atoms with Gasteiger partial charge in [0.15, 0.2) is 0 Å². The molecule has 0 bridgehead atoms. The maximum absolute atomic E-state index is 12.5. The summed E-state index contributed by atoms with van der Waals surface area (Å²) >= 11 is 6.66. The minimum absolute atomic E-state index is 0.210. The third-order valence-corrected chi connectivity index (χ3v) is 2.48. The van der Waals surface area contributed by atoms with Gasteiger partial charge in [0.2, 0.25) is 0 Å². The van der Waals surface area contributed by atoms with Gasteiger partial charge in [-0.25, -0.2) is 4.39 Å². The fourth-order valence-corrected chi connectivity index (χ4v) is 1.98. The zero-order valence-electron chi connectivity index (χ0n) is 6.23. The van der Waals surface area contributed by atoms with Gasteiger partial charge >= 0.3 is 0 Å². The molecule has 0 fully saturated rings. The van der Waals surface area contributed by atoms with Crippen LogP contribution in [0.15, 0.2) is 30.3 Å². The molecule has 1 aromatic carbocycles. The molecule has 0 N–H and O–H groups in total. The molecule has 0 aromatic heterocycles. The van der Waals surface area contributed by atoms with Crippen molar-refractivity contribution in [1.82, 2.24) is 0 Å². The molecule has 0 unspecified atom stereocenters. The number of hydrogen-bond acceptors (Lipinski definition) is 0. The van der Waals surface area contributed by atoms with Crippen LogP contribution < -0.4 is 0 Å². The van der Waals surface area contributed by atoms with Crippen LogP contribution in [-0.2, 0) is 0 Å². The van der Waals surface area contributed by atoms with Gasteiger partial charge < -0.3 is 0 Å². The molecule has 0 aliphatic carbocycles. The fourth-order valence-electron chi connectivity index (χ4n) is 0.795. The molecule has 0 saturated carbocycles. The number of hydrogen-bond donors (Lipinski definition) is 0. The summed E-state index contributed by atoms with van der Waals surface area (Å²) in [5.41, 5.74) is 0.982. The Morgan fingerprint density at radius 3 is 2.42 bits per heavy atom. The Hall–Kier alpha value is -0.150.